The van der Waals surface area contributed by atoms with E-state index < -0.39 is 23.9 Å². The van der Waals surface area contributed by atoms with E-state index in [1.54, 1.807) is 13.8 Å². The third-order valence-electron chi connectivity index (χ3n) is 2.38. The molecule has 3 amide bonds. The molecule has 0 saturated carbocycles. The number of nitrogens with two attached hydrogens (primary N) is 1. The predicted octanol–water partition coefficient (Wildman–Crippen LogP) is 0.145. The van der Waals surface area contributed by atoms with Crippen molar-refractivity contribution in [2.75, 3.05) is 6.54 Å². The van der Waals surface area contributed by atoms with Crippen molar-refractivity contribution in [2.24, 2.45) is 5.73 Å². The van der Waals surface area contributed by atoms with Crippen molar-refractivity contribution in [3.05, 3.63) is 0 Å². The molecule has 0 saturated heterocycles. The Morgan fingerprint density at radius 2 is 1.89 bits per heavy atom. The third kappa shape index (κ3) is 5.51. The summed E-state index contributed by atoms with van der Waals surface area (Å²) in [5.74, 6) is -1.73. The normalized spacial score (nSPS) is 12.0. The summed E-state index contributed by atoms with van der Waals surface area (Å²) in [7, 11) is 0. The number of hydrogen-bond acceptors (Lipinski definition) is 3. The highest BCUT2D eigenvalue weighted by Gasteiger charge is 2.24. The van der Waals surface area contributed by atoms with E-state index in [2.05, 4.69) is 5.32 Å². The fourth-order valence-corrected chi connectivity index (χ4v) is 1.43. The summed E-state index contributed by atoms with van der Waals surface area (Å²) in [4.78, 5) is 34.8. The molecule has 0 aliphatic rings. The molecule has 0 radical (unpaired) electrons. The summed E-state index contributed by atoms with van der Waals surface area (Å²) < 4.78 is 0. The van der Waals surface area contributed by atoms with Crippen LogP contribution in [0.2, 0.25) is 0 Å². The number of aliphatic carboxylic acids is 1. The van der Waals surface area contributed by atoms with Gasteiger partial charge in [-0.15, -0.1) is 0 Å². The van der Waals surface area contributed by atoms with Gasteiger partial charge in [-0.2, -0.15) is 0 Å². The minimum absolute atomic E-state index is 0.234. The number of hydrogen-bond donors (Lipinski definition) is 3. The minimum atomic E-state index is -1.09. The Kier molecular flexibility index (Phi) is 6.77. The molecular formula is C11H21N3O4. The van der Waals surface area contributed by atoms with E-state index in [9.17, 15) is 14.4 Å². The molecule has 0 aromatic rings. The average Bonchev–Trinajstić information content (AvgIpc) is 2.24. The molecule has 0 heterocycles. The van der Waals surface area contributed by atoms with Crippen LogP contribution in [0, 0.1) is 0 Å². The van der Waals surface area contributed by atoms with Crippen LogP contribution in [0.15, 0.2) is 0 Å². The average molecular weight is 259 g/mol. The van der Waals surface area contributed by atoms with Crippen LogP contribution in [0.5, 0.6) is 0 Å². The minimum Gasteiger partial charge on any atom is -0.480 e. The van der Waals surface area contributed by atoms with Gasteiger partial charge in [0.1, 0.15) is 12.6 Å². The van der Waals surface area contributed by atoms with E-state index in [-0.39, 0.29) is 12.6 Å². The highest BCUT2D eigenvalue weighted by atomic mass is 16.4. The van der Waals surface area contributed by atoms with Crippen molar-refractivity contribution in [1.82, 2.24) is 10.2 Å². The number of carbonyl (C=O) groups excluding carboxylic acids is 2. The van der Waals surface area contributed by atoms with E-state index >= 15 is 0 Å². The van der Waals surface area contributed by atoms with E-state index in [0.717, 1.165) is 0 Å². The second-order valence-electron chi connectivity index (χ2n) is 4.32. The van der Waals surface area contributed by atoms with Gasteiger partial charge in [-0.1, -0.05) is 13.3 Å². The summed E-state index contributed by atoms with van der Waals surface area (Å²) in [6.07, 6.45) is 0.971. The molecule has 0 fully saturated rings. The molecule has 0 bridgehead atoms. The fourth-order valence-electron chi connectivity index (χ4n) is 1.43. The Morgan fingerprint density at radius 1 is 1.33 bits per heavy atom. The Morgan fingerprint density at radius 3 is 2.22 bits per heavy atom. The molecule has 0 aliphatic carbocycles. The molecule has 104 valence electrons. The van der Waals surface area contributed by atoms with Crippen molar-refractivity contribution < 1.29 is 19.5 Å². The van der Waals surface area contributed by atoms with Crippen LogP contribution in [-0.4, -0.2) is 46.5 Å². The molecule has 7 nitrogen and oxygen atoms in total. The monoisotopic (exact) mass is 259 g/mol. The number of nitrogens with one attached hydrogen (secondary N) is 1. The van der Waals surface area contributed by atoms with Crippen molar-refractivity contribution in [2.45, 2.75) is 45.7 Å². The summed E-state index contributed by atoms with van der Waals surface area (Å²) in [6, 6.07) is -1.78. The first kappa shape index (κ1) is 16.2. The number of rotatable bonds is 7. The number of carboxylic acids is 1. The fraction of sp³-hybridized carbons (Fsp3) is 0.727. The summed E-state index contributed by atoms with van der Waals surface area (Å²) >= 11 is 0. The quantitative estimate of drug-likeness (QED) is 0.603. The van der Waals surface area contributed by atoms with Gasteiger partial charge in [0, 0.05) is 6.04 Å². The summed E-state index contributed by atoms with van der Waals surface area (Å²) in [5, 5.41) is 11.3. The van der Waals surface area contributed by atoms with Crippen LogP contribution in [0.1, 0.15) is 33.6 Å². The molecule has 0 aliphatic heterocycles. The molecule has 0 aromatic heterocycles. The van der Waals surface area contributed by atoms with Crippen molar-refractivity contribution in [1.29, 1.82) is 0 Å². The molecule has 4 N–H and O–H groups in total. The van der Waals surface area contributed by atoms with Gasteiger partial charge in [0.25, 0.3) is 0 Å². The number of primary amides is 1. The number of carboxylic acid groups (broad SMARTS) is 1. The molecule has 1 atom stereocenters. The van der Waals surface area contributed by atoms with Crippen molar-refractivity contribution in [3.63, 3.8) is 0 Å². The smallest absolute Gasteiger partial charge is 0.326 e. The lowest BCUT2D eigenvalue weighted by atomic mass is 10.2. The van der Waals surface area contributed by atoms with E-state index in [4.69, 9.17) is 10.8 Å². The van der Waals surface area contributed by atoms with Crippen molar-refractivity contribution in [3.8, 4) is 0 Å². The zero-order chi connectivity index (χ0) is 14.3. The lowest BCUT2D eigenvalue weighted by Gasteiger charge is -2.27. The topological polar surface area (TPSA) is 113 Å². The first-order chi connectivity index (χ1) is 8.29. The van der Waals surface area contributed by atoms with Crippen molar-refractivity contribution >= 4 is 17.9 Å². The van der Waals surface area contributed by atoms with E-state index in [0.29, 0.717) is 12.8 Å². The first-order valence-electron chi connectivity index (χ1n) is 5.87. The SMILES string of the molecule is CCCC(NC(=O)N(CC(N)=O)C(C)C)C(=O)O. The summed E-state index contributed by atoms with van der Waals surface area (Å²) in [6.45, 7) is 5.03. The van der Waals surface area contributed by atoms with Gasteiger partial charge < -0.3 is 21.1 Å². The van der Waals surface area contributed by atoms with Crippen LogP contribution in [0.25, 0.3) is 0 Å². The van der Waals surface area contributed by atoms with Gasteiger partial charge in [-0.05, 0) is 20.3 Å². The largest absolute Gasteiger partial charge is 0.480 e. The maximum absolute atomic E-state index is 11.9. The molecule has 0 spiro atoms. The van der Waals surface area contributed by atoms with Gasteiger partial charge >= 0.3 is 12.0 Å². The van der Waals surface area contributed by atoms with Gasteiger partial charge in [0.05, 0.1) is 0 Å². The number of urea groups is 1. The first-order valence-corrected chi connectivity index (χ1v) is 5.87. The highest BCUT2D eigenvalue weighted by molar-refractivity contribution is 5.86. The highest BCUT2D eigenvalue weighted by Crippen LogP contribution is 2.02. The van der Waals surface area contributed by atoms with Crippen LogP contribution in [0.3, 0.4) is 0 Å². The Balaban J connectivity index is 4.66. The maximum atomic E-state index is 11.9. The molecule has 7 heteroatoms. The standard InChI is InChI=1S/C11H21N3O4/c1-4-5-8(10(16)17)13-11(18)14(7(2)3)6-9(12)15/h7-8H,4-6H2,1-3H3,(H2,12,15)(H,13,18)(H,16,17). The van der Waals surface area contributed by atoms with Crippen LogP contribution < -0.4 is 11.1 Å². The number of nitrogens with zero attached hydrogens (tertiary/aromatic N) is 1. The molecule has 18 heavy (non-hydrogen) atoms. The van der Waals surface area contributed by atoms with Crippen LogP contribution >= 0.6 is 0 Å². The Bertz CT molecular complexity index is 317. The van der Waals surface area contributed by atoms with Crippen LogP contribution in [-0.2, 0) is 9.59 Å². The lowest BCUT2D eigenvalue weighted by molar-refractivity contribution is -0.139. The van der Waals surface area contributed by atoms with Gasteiger partial charge in [0.2, 0.25) is 5.91 Å². The molecule has 0 rings (SSSR count). The van der Waals surface area contributed by atoms with Crippen LogP contribution in [0.4, 0.5) is 4.79 Å². The number of carbonyl (C=O) groups is 3. The molecule has 1 unspecified atom stereocenters. The Hall–Kier alpha value is -1.79. The zero-order valence-corrected chi connectivity index (χ0v) is 11.0. The molecule has 0 aromatic carbocycles. The van der Waals surface area contributed by atoms with Gasteiger partial charge in [-0.25, -0.2) is 9.59 Å². The van der Waals surface area contributed by atoms with Gasteiger partial charge in [0.15, 0.2) is 0 Å². The molecular weight excluding hydrogens is 238 g/mol. The van der Waals surface area contributed by atoms with Gasteiger partial charge in [-0.3, -0.25) is 4.79 Å². The zero-order valence-electron chi connectivity index (χ0n) is 11.0. The second kappa shape index (κ2) is 7.52. The van der Waals surface area contributed by atoms with E-state index in [1.165, 1.54) is 4.90 Å². The second-order valence-corrected chi connectivity index (χ2v) is 4.32. The third-order valence-corrected chi connectivity index (χ3v) is 2.38. The maximum Gasteiger partial charge on any atom is 0.326 e. The lowest BCUT2D eigenvalue weighted by Crippen LogP contribution is -2.52. The predicted molar refractivity (Wildman–Crippen MR) is 65.9 cm³/mol. The number of amides is 3. The summed E-state index contributed by atoms with van der Waals surface area (Å²) in [5.41, 5.74) is 5.04. The Labute approximate surface area is 106 Å². The van der Waals surface area contributed by atoms with E-state index in [1.807, 2.05) is 6.92 Å².